The molecule has 2 bridgehead atoms. The number of ether oxygens (including phenoxy) is 5. The number of carbonyl (C=O) groups excluding carboxylic acids is 6. The van der Waals surface area contributed by atoms with Gasteiger partial charge in [0.15, 0.2) is 18.0 Å². The SMILES string of the molecule is CC=C(C)C(=O)OC1C(C)(C)C(C(OC(C)=O)C(=O)OC)C2(C)C(=O)C1(O)C(OC(C)=O)C1=C3C(O)C(=O)OC(c4ccoc4)C3(C)CCC12. The fourth-order valence-corrected chi connectivity index (χ4v) is 9.42. The van der Waals surface area contributed by atoms with Crippen molar-refractivity contribution in [3.05, 3.63) is 47.0 Å². The molecular formula is C36H44O14. The molecule has 0 spiro atoms. The third-order valence-electron chi connectivity index (χ3n) is 11.5. The van der Waals surface area contributed by atoms with Gasteiger partial charge < -0.3 is 38.3 Å². The molecule has 1 saturated heterocycles. The summed E-state index contributed by atoms with van der Waals surface area (Å²) < 4.78 is 33.6. The van der Waals surface area contributed by atoms with Crippen LogP contribution in [0.5, 0.6) is 0 Å². The first-order valence-corrected chi connectivity index (χ1v) is 16.4. The molecule has 1 aromatic heterocycles. The molecule has 14 heteroatoms. The van der Waals surface area contributed by atoms with Crippen molar-refractivity contribution in [3.8, 4) is 0 Å². The van der Waals surface area contributed by atoms with Gasteiger partial charge in [-0.2, -0.15) is 0 Å². The number of carbonyl (C=O) groups is 6. The minimum atomic E-state index is -2.84. The van der Waals surface area contributed by atoms with Gasteiger partial charge in [0.2, 0.25) is 11.7 Å². The van der Waals surface area contributed by atoms with Gasteiger partial charge in [0, 0.05) is 47.1 Å². The predicted molar refractivity (Wildman–Crippen MR) is 169 cm³/mol. The van der Waals surface area contributed by atoms with Gasteiger partial charge in [0.05, 0.1) is 19.6 Å². The normalized spacial score (nSPS) is 36.7. The maximum atomic E-state index is 15.2. The summed E-state index contributed by atoms with van der Waals surface area (Å²) >= 11 is 0. The fourth-order valence-electron chi connectivity index (χ4n) is 9.42. The highest BCUT2D eigenvalue weighted by Crippen LogP contribution is 2.69. The lowest BCUT2D eigenvalue weighted by molar-refractivity contribution is -0.267. The first-order chi connectivity index (χ1) is 23.2. The Morgan fingerprint density at radius 1 is 1.04 bits per heavy atom. The molecule has 50 heavy (non-hydrogen) atoms. The highest BCUT2D eigenvalue weighted by molar-refractivity contribution is 6.00. The third-order valence-corrected chi connectivity index (χ3v) is 11.5. The molecule has 5 rings (SSSR count). The standard InChI is InChI=1S/C36H44O14/c1-10-16(2)28(40)50-32-33(5,6)25(24(30(42)45-9)47-17(3)37)35(8)20-11-13-34(7)22(21(20)27(48-18(4)38)36(32,44)31(35)43)23(39)29(41)49-26(34)19-12-14-46-15-19/h10,12,14-15,20,23-27,32,39,44H,11,13H2,1-9H3. The Morgan fingerprint density at radius 2 is 1.70 bits per heavy atom. The van der Waals surface area contributed by atoms with Gasteiger partial charge in [-0.25, -0.2) is 14.4 Å². The summed E-state index contributed by atoms with van der Waals surface area (Å²) in [7, 11) is 1.08. The van der Waals surface area contributed by atoms with Crippen LogP contribution in [0.15, 0.2) is 45.8 Å². The highest BCUT2D eigenvalue weighted by atomic mass is 16.6. The zero-order valence-electron chi connectivity index (χ0n) is 29.6. The Kier molecular flexibility index (Phi) is 9.23. The second-order valence-corrected chi connectivity index (χ2v) is 14.7. The average Bonchev–Trinajstić information content (AvgIpc) is 3.58. The topological polar surface area (TPSA) is 202 Å². The van der Waals surface area contributed by atoms with Crippen LogP contribution in [0.3, 0.4) is 0 Å². The van der Waals surface area contributed by atoms with Gasteiger partial charge in [-0.3, -0.25) is 14.4 Å². The van der Waals surface area contributed by atoms with E-state index in [-0.39, 0.29) is 29.6 Å². The van der Waals surface area contributed by atoms with E-state index in [0.29, 0.717) is 5.56 Å². The summed E-state index contributed by atoms with van der Waals surface area (Å²) in [6.45, 7) is 11.5. The van der Waals surface area contributed by atoms with Crippen LogP contribution in [-0.4, -0.2) is 83.0 Å². The van der Waals surface area contributed by atoms with Crippen LogP contribution in [0.2, 0.25) is 0 Å². The van der Waals surface area contributed by atoms with E-state index in [2.05, 4.69) is 0 Å². The first-order valence-electron chi connectivity index (χ1n) is 16.4. The second kappa shape index (κ2) is 12.5. The third kappa shape index (κ3) is 5.12. The average molecular weight is 701 g/mol. The molecule has 14 nitrogen and oxygen atoms in total. The number of aliphatic hydroxyl groups excluding tert-OH is 1. The van der Waals surface area contributed by atoms with Crippen molar-refractivity contribution >= 4 is 35.6 Å². The lowest BCUT2D eigenvalue weighted by atomic mass is 9.38. The van der Waals surface area contributed by atoms with Gasteiger partial charge in [0.1, 0.15) is 12.2 Å². The Morgan fingerprint density at radius 3 is 2.24 bits per heavy atom. The molecule has 10 unspecified atom stereocenters. The first kappa shape index (κ1) is 37.0. The summed E-state index contributed by atoms with van der Waals surface area (Å²) in [5, 5.41) is 24.7. The van der Waals surface area contributed by atoms with Crippen LogP contribution in [0, 0.1) is 28.1 Å². The largest absolute Gasteiger partial charge is 0.472 e. The van der Waals surface area contributed by atoms with Crippen LogP contribution >= 0.6 is 0 Å². The Hall–Kier alpha value is -4.30. The number of hydrogen-bond acceptors (Lipinski definition) is 14. The molecule has 0 amide bonds. The summed E-state index contributed by atoms with van der Waals surface area (Å²) in [6.07, 6.45) is -3.83. The van der Waals surface area contributed by atoms with Gasteiger partial charge in [0.25, 0.3) is 0 Å². The molecule has 3 fully saturated rings. The van der Waals surface area contributed by atoms with Crippen LogP contribution in [0.1, 0.15) is 79.9 Å². The number of cyclic esters (lactones) is 1. The van der Waals surface area contributed by atoms with E-state index in [4.69, 9.17) is 28.1 Å². The van der Waals surface area contributed by atoms with Crippen LogP contribution in [-0.2, 0) is 52.5 Å². The Bertz CT molecular complexity index is 1680. The molecule has 3 aliphatic carbocycles. The van der Waals surface area contributed by atoms with E-state index >= 15 is 4.79 Å². The Labute approximate surface area is 289 Å². The number of furan rings is 1. The molecule has 2 heterocycles. The monoisotopic (exact) mass is 700 g/mol. The lowest BCUT2D eigenvalue weighted by Gasteiger charge is -2.67. The zero-order chi connectivity index (χ0) is 37.3. The number of esters is 5. The van der Waals surface area contributed by atoms with Crippen molar-refractivity contribution in [2.45, 2.75) is 104 Å². The van der Waals surface area contributed by atoms with Gasteiger partial charge >= 0.3 is 29.8 Å². The molecule has 0 radical (unpaired) electrons. The smallest absolute Gasteiger partial charge is 0.347 e. The second-order valence-electron chi connectivity index (χ2n) is 14.7. The van der Waals surface area contributed by atoms with Crippen molar-refractivity contribution in [2.24, 2.45) is 28.1 Å². The van der Waals surface area contributed by atoms with Crippen molar-refractivity contribution in [2.75, 3.05) is 7.11 Å². The molecule has 1 aromatic rings. The number of rotatable bonds is 7. The molecule has 272 valence electrons. The highest BCUT2D eigenvalue weighted by Gasteiger charge is 2.80. The number of ketones is 1. The number of hydrogen-bond donors (Lipinski definition) is 2. The molecule has 4 aliphatic rings. The van der Waals surface area contributed by atoms with Crippen molar-refractivity contribution in [1.29, 1.82) is 0 Å². The predicted octanol–water partition coefficient (Wildman–Crippen LogP) is 2.84. The molecule has 10 atom stereocenters. The quantitative estimate of drug-likeness (QED) is 0.182. The number of Topliss-reactive ketones (excluding diaryl/α,β-unsaturated/α-hetero) is 1. The van der Waals surface area contributed by atoms with Crippen molar-refractivity contribution in [3.63, 3.8) is 0 Å². The minimum absolute atomic E-state index is 0.0481. The number of aliphatic hydroxyl groups is 2. The Balaban J connectivity index is 1.92. The van der Waals surface area contributed by atoms with Gasteiger partial charge in [-0.1, -0.05) is 33.8 Å². The van der Waals surface area contributed by atoms with Crippen molar-refractivity contribution in [1.82, 2.24) is 0 Å². The summed E-state index contributed by atoms with van der Waals surface area (Å²) in [5.74, 6) is -8.07. The molecule has 0 aromatic carbocycles. The van der Waals surface area contributed by atoms with Gasteiger partial charge in [-0.05, 0) is 49.8 Å². The number of fused-ring (bicyclic) bond motifs is 5. The summed E-state index contributed by atoms with van der Waals surface area (Å²) in [6, 6.07) is 1.60. The van der Waals surface area contributed by atoms with E-state index in [9.17, 15) is 34.2 Å². The van der Waals surface area contributed by atoms with Crippen LogP contribution < -0.4 is 0 Å². The molecule has 1 aliphatic heterocycles. The van der Waals surface area contributed by atoms with Gasteiger partial charge in [-0.15, -0.1) is 0 Å². The van der Waals surface area contributed by atoms with Crippen LogP contribution in [0.25, 0.3) is 0 Å². The number of allylic oxidation sites excluding steroid dienone is 1. The minimum Gasteiger partial charge on any atom is -0.472 e. The maximum absolute atomic E-state index is 15.2. The zero-order valence-corrected chi connectivity index (χ0v) is 29.6. The van der Waals surface area contributed by atoms with Crippen LogP contribution in [0.4, 0.5) is 0 Å². The summed E-state index contributed by atoms with van der Waals surface area (Å²) in [4.78, 5) is 81.2. The lowest BCUT2D eigenvalue weighted by Crippen LogP contribution is -2.81. The van der Waals surface area contributed by atoms with E-state index in [0.717, 1.165) is 21.0 Å². The van der Waals surface area contributed by atoms with Crippen molar-refractivity contribution < 1.29 is 67.1 Å². The van der Waals surface area contributed by atoms with E-state index in [1.807, 2.05) is 0 Å². The molecular weight excluding hydrogens is 656 g/mol. The van der Waals surface area contributed by atoms with E-state index < -0.39 is 99.8 Å². The summed E-state index contributed by atoms with van der Waals surface area (Å²) in [5.41, 5.74) is -6.79. The molecule has 2 saturated carbocycles. The maximum Gasteiger partial charge on any atom is 0.347 e. The fraction of sp³-hybridized carbons (Fsp3) is 0.611. The van der Waals surface area contributed by atoms with E-state index in [1.54, 1.807) is 33.8 Å². The van der Waals surface area contributed by atoms with E-state index in [1.165, 1.54) is 32.4 Å². The molecule has 2 N–H and O–H groups in total. The number of methoxy groups -OCH3 is 1.